The summed E-state index contributed by atoms with van der Waals surface area (Å²) in [5, 5.41) is 2.94. The molecule has 0 unspecified atom stereocenters. The van der Waals surface area contributed by atoms with Gasteiger partial charge in [-0.2, -0.15) is 0 Å². The summed E-state index contributed by atoms with van der Waals surface area (Å²) in [7, 11) is -4.04. The number of hydrogen-bond acceptors (Lipinski definition) is 4. The van der Waals surface area contributed by atoms with Gasteiger partial charge in [-0.15, -0.1) is 0 Å². The molecule has 0 saturated carbocycles. The van der Waals surface area contributed by atoms with Gasteiger partial charge < -0.3 is 5.32 Å². The van der Waals surface area contributed by atoms with Crippen LogP contribution in [0.15, 0.2) is 88.4 Å². The second-order valence-corrected chi connectivity index (χ2v) is 9.75. The zero-order chi connectivity index (χ0) is 21.3. The Kier molecular flexibility index (Phi) is 5.49. The van der Waals surface area contributed by atoms with E-state index in [1.807, 2.05) is 43.3 Å². The summed E-state index contributed by atoms with van der Waals surface area (Å²) < 4.78 is 29.1. The number of halogens is 1. The van der Waals surface area contributed by atoms with Crippen molar-refractivity contribution in [2.24, 2.45) is 0 Å². The molecule has 0 aliphatic carbocycles. The van der Waals surface area contributed by atoms with Crippen molar-refractivity contribution >= 4 is 43.1 Å². The second-order valence-electron chi connectivity index (χ2n) is 7.01. The largest absolute Gasteiger partial charge is 0.360 e. The highest BCUT2D eigenvalue weighted by molar-refractivity contribution is 9.10. The summed E-state index contributed by atoms with van der Waals surface area (Å²) in [6.45, 7) is 2.10. The number of para-hydroxylation sites is 1. The van der Waals surface area contributed by atoms with E-state index in [4.69, 9.17) is 0 Å². The minimum Gasteiger partial charge on any atom is -0.360 e. The molecule has 0 spiro atoms. The number of aryl methyl sites for hydroxylation is 1. The average Bonchev–Trinajstić information content (AvgIpc) is 2.72. The molecule has 0 atom stereocenters. The quantitative estimate of drug-likeness (QED) is 0.516. The number of sulfonamides is 1. The number of allylic oxidation sites excluding steroid dienone is 1. The molecule has 1 aliphatic heterocycles. The second kappa shape index (κ2) is 8.08. The van der Waals surface area contributed by atoms with Crippen molar-refractivity contribution in [2.75, 3.05) is 9.62 Å². The van der Waals surface area contributed by atoms with Crippen LogP contribution in [0.3, 0.4) is 0 Å². The van der Waals surface area contributed by atoms with Gasteiger partial charge in [-0.3, -0.25) is 9.10 Å². The Morgan fingerprint density at radius 1 is 1.00 bits per heavy atom. The van der Waals surface area contributed by atoms with Gasteiger partial charge >= 0.3 is 0 Å². The number of rotatable bonds is 4. The molecule has 0 radical (unpaired) electrons. The Morgan fingerprint density at radius 2 is 1.73 bits per heavy atom. The van der Waals surface area contributed by atoms with Gasteiger partial charge in [0.05, 0.1) is 12.2 Å². The van der Waals surface area contributed by atoms with Gasteiger partial charge in [-0.1, -0.05) is 57.9 Å². The summed E-state index contributed by atoms with van der Waals surface area (Å²) in [6.07, 6.45) is 1.28. The van der Waals surface area contributed by atoms with E-state index >= 15 is 0 Å². The van der Waals surface area contributed by atoms with Crippen molar-refractivity contribution in [1.29, 1.82) is 0 Å². The number of anilines is 2. The van der Waals surface area contributed by atoms with E-state index < -0.39 is 15.8 Å². The highest BCUT2D eigenvalue weighted by Crippen LogP contribution is 2.36. The summed E-state index contributed by atoms with van der Waals surface area (Å²) in [4.78, 5) is 12.8. The lowest BCUT2D eigenvalue weighted by Gasteiger charge is -2.31. The maximum atomic E-state index is 13.4. The predicted octanol–water partition coefficient (Wildman–Crippen LogP) is 5.24. The third-order valence-electron chi connectivity index (χ3n) is 4.83. The first-order chi connectivity index (χ1) is 14.4. The smallest absolute Gasteiger partial charge is 0.270 e. The summed E-state index contributed by atoms with van der Waals surface area (Å²) in [5.74, 6) is -0.518. The SMILES string of the molecule is Cc1cccc(CN2c3ccccc3C(=O)C(=CNc3ccc(Br)cc3)S2(=O)=O)c1. The van der Waals surface area contributed by atoms with Crippen LogP contribution in [0.5, 0.6) is 0 Å². The monoisotopic (exact) mass is 482 g/mol. The number of nitrogens with one attached hydrogen (secondary N) is 1. The van der Waals surface area contributed by atoms with Gasteiger partial charge in [0.2, 0.25) is 5.78 Å². The third kappa shape index (κ3) is 3.91. The predicted molar refractivity (Wildman–Crippen MR) is 123 cm³/mol. The first kappa shape index (κ1) is 20.4. The number of hydrogen-bond donors (Lipinski definition) is 1. The fourth-order valence-corrected chi connectivity index (χ4v) is 5.15. The molecular formula is C23H19BrN2O3S. The van der Waals surface area contributed by atoms with Crippen LogP contribution in [-0.2, 0) is 16.6 Å². The standard InChI is InChI=1S/C23H19BrN2O3S/c1-16-5-4-6-17(13-16)15-26-21-8-3-2-7-20(21)23(27)22(30(26,28)29)14-25-19-11-9-18(24)10-12-19/h2-14,25H,15H2,1H3. The van der Waals surface area contributed by atoms with Crippen LogP contribution in [0, 0.1) is 6.92 Å². The first-order valence-corrected chi connectivity index (χ1v) is 11.5. The highest BCUT2D eigenvalue weighted by Gasteiger charge is 2.40. The van der Waals surface area contributed by atoms with E-state index in [-0.39, 0.29) is 11.4 Å². The Labute approximate surface area is 184 Å². The molecule has 0 aromatic heterocycles. The van der Waals surface area contributed by atoms with Crippen LogP contribution in [0.1, 0.15) is 21.5 Å². The van der Waals surface area contributed by atoms with Crippen molar-refractivity contribution in [3.05, 3.63) is 105 Å². The molecule has 152 valence electrons. The fourth-order valence-electron chi connectivity index (χ4n) is 3.36. The topological polar surface area (TPSA) is 66.5 Å². The Bertz CT molecular complexity index is 1250. The van der Waals surface area contributed by atoms with Crippen LogP contribution in [0.2, 0.25) is 0 Å². The van der Waals surface area contributed by atoms with Crippen LogP contribution in [0.25, 0.3) is 0 Å². The highest BCUT2D eigenvalue weighted by atomic mass is 79.9. The third-order valence-corrected chi connectivity index (χ3v) is 7.13. The molecule has 0 fully saturated rings. The van der Waals surface area contributed by atoms with Crippen molar-refractivity contribution < 1.29 is 13.2 Å². The molecule has 3 aromatic carbocycles. The van der Waals surface area contributed by atoms with Crippen molar-refractivity contribution in [2.45, 2.75) is 13.5 Å². The van der Waals surface area contributed by atoms with Crippen molar-refractivity contribution in [3.8, 4) is 0 Å². The van der Waals surface area contributed by atoms with Crippen LogP contribution in [-0.4, -0.2) is 14.2 Å². The van der Waals surface area contributed by atoms with Crippen LogP contribution < -0.4 is 9.62 Å². The molecule has 7 heteroatoms. The normalized spacial score (nSPS) is 16.4. The minimum absolute atomic E-state index is 0.143. The Hall–Kier alpha value is -2.90. The maximum Gasteiger partial charge on any atom is 0.270 e. The van der Waals surface area contributed by atoms with Crippen LogP contribution in [0.4, 0.5) is 11.4 Å². The van der Waals surface area contributed by atoms with Gasteiger partial charge in [0.15, 0.2) is 4.91 Å². The molecule has 1 heterocycles. The Morgan fingerprint density at radius 3 is 2.47 bits per heavy atom. The number of benzene rings is 3. The van der Waals surface area contributed by atoms with Gasteiger partial charge in [-0.25, -0.2) is 8.42 Å². The molecule has 3 aromatic rings. The summed E-state index contributed by atoms with van der Waals surface area (Å²) in [5.41, 5.74) is 3.33. The van der Waals surface area contributed by atoms with Crippen molar-refractivity contribution in [3.63, 3.8) is 0 Å². The number of carbonyl (C=O) groups is 1. The van der Waals surface area contributed by atoms with E-state index in [1.165, 1.54) is 10.5 Å². The van der Waals surface area contributed by atoms with E-state index in [2.05, 4.69) is 21.2 Å². The number of carbonyl (C=O) groups excluding carboxylic acids is 1. The molecule has 5 nitrogen and oxygen atoms in total. The number of Topliss-reactive ketones (excluding diaryl/α,β-unsaturated/α-hetero) is 1. The molecule has 4 rings (SSSR count). The van der Waals surface area contributed by atoms with E-state index in [1.54, 1.807) is 36.4 Å². The molecule has 0 bridgehead atoms. The van der Waals surface area contributed by atoms with E-state index in [0.717, 1.165) is 15.6 Å². The van der Waals surface area contributed by atoms with E-state index in [9.17, 15) is 13.2 Å². The van der Waals surface area contributed by atoms with Gasteiger partial charge in [0.25, 0.3) is 10.0 Å². The number of fused-ring (bicyclic) bond motifs is 1. The molecule has 1 aliphatic rings. The maximum absolute atomic E-state index is 13.4. The summed E-state index contributed by atoms with van der Waals surface area (Å²) >= 11 is 3.36. The number of ketones is 1. The lowest BCUT2D eigenvalue weighted by Crippen LogP contribution is -2.39. The van der Waals surface area contributed by atoms with Gasteiger partial charge in [-0.05, 0) is 48.9 Å². The zero-order valence-electron chi connectivity index (χ0n) is 16.2. The lowest BCUT2D eigenvalue weighted by atomic mass is 10.1. The lowest BCUT2D eigenvalue weighted by molar-refractivity contribution is 0.104. The molecule has 1 N–H and O–H groups in total. The van der Waals surface area contributed by atoms with Gasteiger partial charge in [0.1, 0.15) is 0 Å². The fraction of sp³-hybridized carbons (Fsp3) is 0.0870. The van der Waals surface area contributed by atoms with Gasteiger partial charge in [0, 0.05) is 21.9 Å². The van der Waals surface area contributed by atoms with Crippen LogP contribution >= 0.6 is 15.9 Å². The van der Waals surface area contributed by atoms with Crippen molar-refractivity contribution in [1.82, 2.24) is 0 Å². The molecule has 0 saturated heterocycles. The van der Waals surface area contributed by atoms with E-state index in [0.29, 0.717) is 16.9 Å². The zero-order valence-corrected chi connectivity index (χ0v) is 18.6. The minimum atomic E-state index is -4.04. The molecular weight excluding hydrogens is 464 g/mol. The molecule has 0 amide bonds. The number of nitrogens with zero attached hydrogens (tertiary/aromatic N) is 1. The summed E-state index contributed by atoms with van der Waals surface area (Å²) in [6, 6.07) is 21.7. The Balaban J connectivity index is 1.77. The average molecular weight is 483 g/mol. The first-order valence-electron chi connectivity index (χ1n) is 9.30. The molecule has 30 heavy (non-hydrogen) atoms.